The summed E-state index contributed by atoms with van der Waals surface area (Å²) >= 11 is 5.83. The number of nitrogens with zero attached hydrogens (tertiary/aromatic N) is 1. The maximum absolute atomic E-state index is 12.1. The van der Waals surface area contributed by atoms with Crippen molar-refractivity contribution in [3.05, 3.63) is 34.3 Å². The van der Waals surface area contributed by atoms with Crippen LogP contribution in [0.25, 0.3) is 0 Å². The van der Waals surface area contributed by atoms with E-state index in [1.807, 2.05) is 0 Å². The molecule has 1 aromatic carbocycles. The summed E-state index contributed by atoms with van der Waals surface area (Å²) in [6.07, 6.45) is 1.86. The number of rotatable bonds is 4. The summed E-state index contributed by atoms with van der Waals surface area (Å²) in [5.41, 5.74) is 0.698. The van der Waals surface area contributed by atoms with Gasteiger partial charge in [-0.1, -0.05) is 11.6 Å². The lowest BCUT2D eigenvalue weighted by atomic mass is 10.1. The number of carbonyl (C=O) groups is 3. The molecular formula is C14H13ClN2O3. The summed E-state index contributed by atoms with van der Waals surface area (Å²) in [6, 6.07) is 4.64. The summed E-state index contributed by atoms with van der Waals surface area (Å²) in [4.78, 5) is 36.8. The smallest absolute Gasteiger partial charge is 0.261 e. The zero-order chi connectivity index (χ0) is 14.3. The van der Waals surface area contributed by atoms with Crippen LogP contribution >= 0.6 is 11.6 Å². The maximum atomic E-state index is 12.1. The molecule has 0 aromatic heterocycles. The number of hydrogen-bond acceptors (Lipinski definition) is 3. The number of fused-ring (bicyclic) bond motifs is 1. The van der Waals surface area contributed by atoms with Gasteiger partial charge in [-0.3, -0.25) is 19.3 Å². The predicted molar refractivity (Wildman–Crippen MR) is 72.6 cm³/mol. The highest BCUT2D eigenvalue weighted by atomic mass is 35.5. The minimum atomic E-state index is -0.354. The average molecular weight is 293 g/mol. The molecule has 20 heavy (non-hydrogen) atoms. The molecule has 1 fully saturated rings. The molecule has 1 N–H and O–H groups in total. The number of benzene rings is 1. The Morgan fingerprint density at radius 2 is 1.95 bits per heavy atom. The number of amides is 3. The lowest BCUT2D eigenvalue weighted by Gasteiger charge is -2.14. The van der Waals surface area contributed by atoms with Crippen LogP contribution in [0.2, 0.25) is 5.02 Å². The van der Waals surface area contributed by atoms with E-state index in [4.69, 9.17) is 11.6 Å². The molecule has 0 saturated heterocycles. The molecule has 0 bridgehead atoms. The third-order valence-electron chi connectivity index (χ3n) is 3.52. The van der Waals surface area contributed by atoms with E-state index < -0.39 is 0 Å². The molecule has 0 spiro atoms. The van der Waals surface area contributed by atoms with E-state index in [2.05, 4.69) is 5.32 Å². The van der Waals surface area contributed by atoms with Gasteiger partial charge in [0, 0.05) is 24.0 Å². The van der Waals surface area contributed by atoms with Crippen molar-refractivity contribution in [2.45, 2.75) is 12.8 Å². The van der Waals surface area contributed by atoms with E-state index >= 15 is 0 Å². The van der Waals surface area contributed by atoms with Gasteiger partial charge in [0.25, 0.3) is 11.8 Å². The minimum Gasteiger partial charge on any atom is -0.354 e. The van der Waals surface area contributed by atoms with Crippen molar-refractivity contribution in [3.63, 3.8) is 0 Å². The Balaban J connectivity index is 1.65. The Morgan fingerprint density at radius 3 is 2.65 bits per heavy atom. The van der Waals surface area contributed by atoms with Gasteiger partial charge in [-0.15, -0.1) is 0 Å². The first-order chi connectivity index (χ1) is 9.58. The van der Waals surface area contributed by atoms with Crippen molar-refractivity contribution < 1.29 is 14.4 Å². The quantitative estimate of drug-likeness (QED) is 0.855. The largest absolute Gasteiger partial charge is 0.354 e. The van der Waals surface area contributed by atoms with Crippen molar-refractivity contribution in [1.29, 1.82) is 0 Å². The lowest BCUT2D eigenvalue weighted by Crippen LogP contribution is -2.38. The highest BCUT2D eigenvalue weighted by Crippen LogP contribution is 2.29. The standard InChI is InChI=1S/C14H13ClN2O3/c15-9-3-4-10-11(7-9)14(20)17(13(10)19)6-5-16-12(18)8-1-2-8/h3-4,7-8H,1-2,5-6H2,(H,16,18). The van der Waals surface area contributed by atoms with E-state index in [0.717, 1.165) is 17.7 Å². The second kappa shape index (κ2) is 4.90. The number of imide groups is 1. The summed E-state index contributed by atoms with van der Waals surface area (Å²) in [6.45, 7) is 0.469. The van der Waals surface area contributed by atoms with E-state index in [9.17, 15) is 14.4 Å². The average Bonchev–Trinajstić information content (AvgIpc) is 3.23. The first-order valence-corrected chi connectivity index (χ1v) is 6.89. The van der Waals surface area contributed by atoms with Gasteiger partial charge in [0.15, 0.2) is 0 Å². The third kappa shape index (κ3) is 2.29. The predicted octanol–water partition coefficient (Wildman–Crippen LogP) is 1.46. The van der Waals surface area contributed by atoms with E-state index in [1.165, 1.54) is 6.07 Å². The van der Waals surface area contributed by atoms with Crippen LogP contribution in [-0.2, 0) is 4.79 Å². The van der Waals surface area contributed by atoms with Crippen LogP contribution in [0.3, 0.4) is 0 Å². The van der Waals surface area contributed by atoms with Gasteiger partial charge in [-0.05, 0) is 31.0 Å². The Bertz CT molecular complexity index is 610. The summed E-state index contributed by atoms with van der Waals surface area (Å²) in [5.74, 6) is -0.559. The van der Waals surface area contributed by atoms with Gasteiger partial charge in [-0.25, -0.2) is 0 Å². The molecule has 3 rings (SSSR count). The lowest BCUT2D eigenvalue weighted by molar-refractivity contribution is -0.122. The Hall–Kier alpha value is -1.88. The van der Waals surface area contributed by atoms with Gasteiger partial charge >= 0.3 is 0 Å². The van der Waals surface area contributed by atoms with E-state index in [0.29, 0.717) is 16.1 Å². The Kier molecular flexibility index (Phi) is 3.22. The number of nitrogens with one attached hydrogen (secondary N) is 1. The summed E-state index contributed by atoms with van der Waals surface area (Å²) < 4.78 is 0. The van der Waals surface area contributed by atoms with Crippen LogP contribution < -0.4 is 5.32 Å². The molecule has 0 atom stereocenters. The highest BCUT2D eigenvalue weighted by Gasteiger charge is 2.35. The van der Waals surface area contributed by atoms with Crippen LogP contribution in [0, 0.1) is 5.92 Å². The van der Waals surface area contributed by atoms with Gasteiger partial charge < -0.3 is 5.32 Å². The molecule has 1 aliphatic heterocycles. The van der Waals surface area contributed by atoms with Gasteiger partial charge in [0.1, 0.15) is 0 Å². The van der Waals surface area contributed by atoms with Crippen molar-refractivity contribution in [2.75, 3.05) is 13.1 Å². The van der Waals surface area contributed by atoms with Crippen LogP contribution in [0.1, 0.15) is 33.6 Å². The van der Waals surface area contributed by atoms with Crippen molar-refractivity contribution in [3.8, 4) is 0 Å². The van der Waals surface area contributed by atoms with Crippen LogP contribution in [0.4, 0.5) is 0 Å². The van der Waals surface area contributed by atoms with Gasteiger partial charge in [-0.2, -0.15) is 0 Å². The fourth-order valence-corrected chi connectivity index (χ4v) is 2.42. The van der Waals surface area contributed by atoms with E-state index in [1.54, 1.807) is 12.1 Å². The minimum absolute atomic E-state index is 0.00431. The first kappa shape index (κ1) is 13.1. The van der Waals surface area contributed by atoms with Crippen molar-refractivity contribution in [1.82, 2.24) is 10.2 Å². The molecule has 2 aliphatic rings. The second-order valence-electron chi connectivity index (χ2n) is 5.02. The highest BCUT2D eigenvalue weighted by molar-refractivity contribution is 6.32. The topological polar surface area (TPSA) is 66.5 Å². The Morgan fingerprint density at radius 1 is 1.25 bits per heavy atom. The maximum Gasteiger partial charge on any atom is 0.261 e. The van der Waals surface area contributed by atoms with Gasteiger partial charge in [0.05, 0.1) is 11.1 Å². The molecule has 6 heteroatoms. The molecule has 5 nitrogen and oxygen atoms in total. The van der Waals surface area contributed by atoms with E-state index in [-0.39, 0.29) is 36.7 Å². The molecule has 0 radical (unpaired) electrons. The zero-order valence-corrected chi connectivity index (χ0v) is 11.4. The molecule has 1 aromatic rings. The summed E-state index contributed by atoms with van der Waals surface area (Å²) in [5, 5.41) is 3.16. The monoisotopic (exact) mass is 292 g/mol. The van der Waals surface area contributed by atoms with Crippen LogP contribution in [-0.4, -0.2) is 35.7 Å². The number of carbonyl (C=O) groups excluding carboxylic acids is 3. The molecule has 3 amide bonds. The number of hydrogen-bond donors (Lipinski definition) is 1. The Labute approximate surface area is 120 Å². The fraction of sp³-hybridized carbons (Fsp3) is 0.357. The molecule has 104 valence electrons. The molecule has 1 saturated carbocycles. The molecule has 1 aliphatic carbocycles. The summed E-state index contributed by atoms with van der Waals surface area (Å²) in [7, 11) is 0. The van der Waals surface area contributed by atoms with Crippen molar-refractivity contribution in [2.24, 2.45) is 5.92 Å². The van der Waals surface area contributed by atoms with Crippen molar-refractivity contribution >= 4 is 29.3 Å². The second-order valence-corrected chi connectivity index (χ2v) is 5.45. The molecule has 1 heterocycles. The SMILES string of the molecule is O=C(NCCN1C(=O)c2ccc(Cl)cc2C1=O)C1CC1. The van der Waals surface area contributed by atoms with Gasteiger partial charge in [0.2, 0.25) is 5.91 Å². The van der Waals surface area contributed by atoms with Crippen LogP contribution in [0.5, 0.6) is 0 Å². The third-order valence-corrected chi connectivity index (χ3v) is 3.75. The number of halogens is 1. The zero-order valence-electron chi connectivity index (χ0n) is 10.7. The normalized spacial score (nSPS) is 17.4. The molecule has 0 unspecified atom stereocenters. The van der Waals surface area contributed by atoms with Crippen LogP contribution in [0.15, 0.2) is 18.2 Å². The fourth-order valence-electron chi connectivity index (χ4n) is 2.25. The first-order valence-electron chi connectivity index (χ1n) is 6.51. The molecular weight excluding hydrogens is 280 g/mol.